The van der Waals surface area contributed by atoms with Crippen LogP contribution in [0, 0.1) is 11.8 Å². The first-order chi connectivity index (χ1) is 22.9. The van der Waals surface area contributed by atoms with Crippen molar-refractivity contribution in [3.8, 4) is 22.3 Å². The van der Waals surface area contributed by atoms with Crippen molar-refractivity contribution < 1.29 is 20.0 Å². The van der Waals surface area contributed by atoms with Crippen LogP contribution in [0.15, 0.2) is 96.1 Å². The van der Waals surface area contributed by atoms with Crippen LogP contribution >= 0.6 is 24.8 Å². The minimum Gasteiger partial charge on any atom is -0.147 e. The summed E-state index contributed by atoms with van der Waals surface area (Å²) in [5, 5.41) is 0. The van der Waals surface area contributed by atoms with Gasteiger partial charge in [0.05, 0.1) is 0 Å². The van der Waals surface area contributed by atoms with Crippen LogP contribution in [0.1, 0.15) is 108 Å². The van der Waals surface area contributed by atoms with Gasteiger partial charge in [0.25, 0.3) is 0 Å². The van der Waals surface area contributed by atoms with Gasteiger partial charge in [-0.05, 0) is 0 Å². The van der Waals surface area contributed by atoms with Crippen LogP contribution in [0.5, 0.6) is 0 Å². The van der Waals surface area contributed by atoms with Crippen molar-refractivity contribution in [2.45, 2.75) is 94.8 Å². The first-order valence-electron chi connectivity index (χ1n) is 18.8. The number of rotatable bonds is 8. The average Bonchev–Trinajstić information content (AvgIpc) is 3.37. The molecule has 3 aliphatic carbocycles. The molecular weight excluding hydrogens is 802 g/mol. The Morgan fingerprint density at radius 2 is 0.939 bits per heavy atom. The van der Waals surface area contributed by atoms with E-state index in [0.717, 1.165) is 20.2 Å². The summed E-state index contributed by atoms with van der Waals surface area (Å²) in [5.41, 5.74) is 18.5. The molecule has 2 fully saturated rings. The number of hydrogen-bond acceptors (Lipinski definition) is 0. The predicted octanol–water partition coefficient (Wildman–Crippen LogP) is 14.2. The summed E-state index contributed by atoms with van der Waals surface area (Å²) in [6.07, 6.45) is 13.4. The van der Waals surface area contributed by atoms with Gasteiger partial charge >= 0.3 is 290 Å². The van der Waals surface area contributed by atoms with Gasteiger partial charge < -0.3 is 0 Å². The second kappa shape index (κ2) is 14.4. The third kappa shape index (κ3) is 5.83. The maximum Gasteiger partial charge on any atom is -0.147 e. The van der Waals surface area contributed by atoms with Crippen LogP contribution in [0.4, 0.5) is 0 Å². The van der Waals surface area contributed by atoms with Gasteiger partial charge in [-0.3, -0.25) is 0 Å². The molecule has 1 saturated heterocycles. The largest absolute Gasteiger partial charge is 0.147 e. The molecule has 8 rings (SSSR count). The molecule has 3 heteroatoms. The first-order valence-corrected chi connectivity index (χ1v) is 27.0. The monoisotopic (exact) mass is 856 g/mol. The standard InChI is InChI=1S/2C20H21.C6H10.2ClH.Hf/c2*1-4-15-8-10-16(11-9-15)19-7-5-6-17-12-18(14(2)3)13-20(17)19;1-2-4-6-5-3-1;;;/h2*5-14H,4H2,1-3H3;1-2H,3-6H2;2*1H;. The zero-order chi connectivity index (χ0) is 32.4. The van der Waals surface area contributed by atoms with E-state index in [4.69, 9.17) is 0 Å². The summed E-state index contributed by atoms with van der Waals surface area (Å²) >= 11 is -3.26. The number of aryl methyl sites for hydroxylation is 2. The Morgan fingerprint density at radius 1 is 0.551 bits per heavy atom. The molecule has 0 spiro atoms. The number of hydrogen-bond donors (Lipinski definition) is 0. The number of fused-ring (bicyclic) bond motifs is 3. The van der Waals surface area contributed by atoms with Crippen LogP contribution in [0.2, 0.25) is 7.35 Å². The molecule has 4 unspecified atom stereocenters. The molecule has 4 aromatic carbocycles. The van der Waals surface area contributed by atoms with Crippen LogP contribution in [0.3, 0.4) is 0 Å². The van der Waals surface area contributed by atoms with Gasteiger partial charge in [0.15, 0.2) is 0 Å². The second-order valence-electron chi connectivity index (χ2n) is 15.7. The number of allylic oxidation sites excluding steroid dienone is 2. The smallest absolute Gasteiger partial charge is 0.147 e. The summed E-state index contributed by atoms with van der Waals surface area (Å²) in [6.45, 7) is 14.5. The maximum absolute atomic E-state index is 3.26. The molecule has 0 bridgehead atoms. The Labute approximate surface area is 313 Å². The van der Waals surface area contributed by atoms with Gasteiger partial charge in [-0.25, -0.2) is 0 Å². The van der Waals surface area contributed by atoms with E-state index in [1.54, 1.807) is 33.4 Å². The quantitative estimate of drug-likeness (QED) is 0.155. The van der Waals surface area contributed by atoms with E-state index in [2.05, 4.69) is 139 Å². The fourth-order valence-corrected chi connectivity index (χ4v) is 46.9. The van der Waals surface area contributed by atoms with E-state index in [0.29, 0.717) is 19.2 Å². The summed E-state index contributed by atoms with van der Waals surface area (Å²) in [4.78, 5) is 0. The third-order valence-corrected chi connectivity index (χ3v) is 37.4. The van der Waals surface area contributed by atoms with Gasteiger partial charge in [0.2, 0.25) is 0 Å². The molecular formula is C46H54Cl2Hf. The topological polar surface area (TPSA) is 0 Å². The summed E-state index contributed by atoms with van der Waals surface area (Å²) in [5.74, 6) is 1.14. The zero-order valence-corrected chi connectivity index (χ0v) is 35.5. The van der Waals surface area contributed by atoms with Gasteiger partial charge in [-0.1, -0.05) is 0 Å². The Hall–Kier alpha value is -2.19. The van der Waals surface area contributed by atoms with E-state index in [9.17, 15) is 0 Å². The number of halogens is 2. The van der Waals surface area contributed by atoms with Crippen molar-refractivity contribution in [1.29, 1.82) is 0 Å². The normalized spacial score (nSPS) is 24.7. The SMILES string of the molecule is CCc1ccc(-c2cccc3c2C=C(C(C)C)[CH]3[Hf]2([CH]3C(C(C)C)=Cc4c(-c5ccc(CC)cc5)cccc43)[CH]3CCCC[CH]32)cc1.Cl.Cl. The third-order valence-electron chi connectivity index (χ3n) is 12.8. The maximum atomic E-state index is 2.71. The van der Waals surface area contributed by atoms with E-state index in [-0.39, 0.29) is 24.8 Å². The minimum absolute atomic E-state index is 0. The molecule has 0 N–H and O–H groups in total. The Bertz CT molecular complexity index is 1740. The molecule has 0 nitrogen and oxygen atoms in total. The molecule has 1 heterocycles. The Kier molecular flexibility index (Phi) is 10.8. The van der Waals surface area contributed by atoms with E-state index < -0.39 is 20.0 Å². The molecule has 49 heavy (non-hydrogen) atoms. The van der Waals surface area contributed by atoms with E-state index in [1.807, 2.05) is 0 Å². The van der Waals surface area contributed by atoms with E-state index in [1.165, 1.54) is 59.1 Å². The second-order valence-corrected chi connectivity index (χ2v) is 32.3. The molecule has 0 radical (unpaired) electrons. The van der Waals surface area contributed by atoms with Crippen molar-refractivity contribution in [3.63, 3.8) is 0 Å². The molecule has 4 atom stereocenters. The number of benzene rings is 4. The fourth-order valence-electron chi connectivity index (χ4n) is 10.6. The van der Waals surface area contributed by atoms with Crippen LogP contribution in [0.25, 0.3) is 34.4 Å². The van der Waals surface area contributed by atoms with Crippen LogP contribution in [-0.4, -0.2) is 0 Å². The fraction of sp³-hybridized carbons (Fsp3) is 0.391. The molecule has 1 saturated carbocycles. The summed E-state index contributed by atoms with van der Waals surface area (Å²) < 4.78 is 3.39. The molecule has 4 aromatic rings. The molecule has 0 aromatic heterocycles. The molecule has 256 valence electrons. The van der Waals surface area contributed by atoms with Crippen LogP contribution < -0.4 is 0 Å². The van der Waals surface area contributed by atoms with E-state index >= 15 is 0 Å². The van der Waals surface area contributed by atoms with Crippen molar-refractivity contribution in [2.75, 3.05) is 0 Å². The van der Waals surface area contributed by atoms with Gasteiger partial charge in [0, 0.05) is 0 Å². The first kappa shape index (κ1) is 36.6. The van der Waals surface area contributed by atoms with Gasteiger partial charge in [-0.15, -0.1) is 24.8 Å². The Balaban J connectivity index is 0.00000208. The average molecular weight is 856 g/mol. The zero-order valence-electron chi connectivity index (χ0n) is 30.3. The van der Waals surface area contributed by atoms with Gasteiger partial charge in [-0.2, -0.15) is 0 Å². The molecule has 1 aliphatic heterocycles. The van der Waals surface area contributed by atoms with Crippen molar-refractivity contribution in [1.82, 2.24) is 0 Å². The van der Waals surface area contributed by atoms with Crippen molar-refractivity contribution >= 4 is 37.0 Å². The van der Waals surface area contributed by atoms with Crippen molar-refractivity contribution in [2.24, 2.45) is 11.8 Å². The summed E-state index contributed by atoms with van der Waals surface area (Å²) in [6, 6.07) is 33.6. The Morgan fingerprint density at radius 3 is 1.29 bits per heavy atom. The molecule has 4 aliphatic rings. The predicted molar refractivity (Wildman–Crippen MR) is 214 cm³/mol. The van der Waals surface area contributed by atoms with Crippen molar-refractivity contribution in [3.05, 3.63) is 129 Å². The summed E-state index contributed by atoms with van der Waals surface area (Å²) in [7, 11) is 0. The molecule has 0 amide bonds. The van der Waals surface area contributed by atoms with Crippen LogP contribution in [-0.2, 0) is 32.8 Å². The van der Waals surface area contributed by atoms with Gasteiger partial charge in [0.1, 0.15) is 0 Å². The minimum atomic E-state index is -3.26.